The number of aliphatic carboxylic acids is 1. The number of carboxylic acid groups (broad SMARTS) is 1. The van der Waals surface area contributed by atoms with Gasteiger partial charge in [0.2, 0.25) is 5.91 Å². The molecule has 2 N–H and O–H groups in total. The van der Waals surface area contributed by atoms with Gasteiger partial charge in [0.05, 0.1) is 25.2 Å². The first kappa shape index (κ1) is 18.3. The summed E-state index contributed by atoms with van der Waals surface area (Å²) in [7, 11) is 1.62. The van der Waals surface area contributed by atoms with E-state index in [4.69, 9.17) is 14.6 Å². The van der Waals surface area contributed by atoms with Crippen LogP contribution in [0.1, 0.15) is 18.4 Å². The van der Waals surface area contributed by atoms with E-state index in [1.807, 2.05) is 29.2 Å². The van der Waals surface area contributed by atoms with Gasteiger partial charge in [-0.3, -0.25) is 14.5 Å². The van der Waals surface area contributed by atoms with Crippen molar-refractivity contribution in [3.63, 3.8) is 0 Å². The molecule has 3 aliphatic rings. The molecule has 0 aromatic heterocycles. The van der Waals surface area contributed by atoms with E-state index in [1.165, 1.54) is 0 Å². The molecule has 1 saturated carbocycles. The number of carbonyl (C=O) groups is 2. The SMILES string of the molecule is COc1cccc(CC2(C(=O)N[C@@H]3C[C@H]4OCC[C@@H]34)CN(CC(=O)O)C2)c1. The van der Waals surface area contributed by atoms with Crippen LogP contribution in [0.4, 0.5) is 0 Å². The van der Waals surface area contributed by atoms with Crippen molar-refractivity contribution in [1.29, 1.82) is 0 Å². The molecule has 2 saturated heterocycles. The van der Waals surface area contributed by atoms with Crippen molar-refractivity contribution in [3.05, 3.63) is 29.8 Å². The highest BCUT2D eigenvalue weighted by Crippen LogP contribution is 2.41. The highest BCUT2D eigenvalue weighted by molar-refractivity contribution is 5.85. The molecule has 1 aromatic rings. The van der Waals surface area contributed by atoms with Gasteiger partial charge in [0, 0.05) is 31.7 Å². The number of nitrogens with zero attached hydrogens (tertiary/aromatic N) is 1. The normalized spacial score (nSPS) is 28.6. The maximum Gasteiger partial charge on any atom is 0.317 e. The third-order valence-corrected chi connectivity index (χ3v) is 6.15. The monoisotopic (exact) mass is 374 g/mol. The predicted octanol–water partition coefficient (Wildman–Crippen LogP) is 0.918. The molecule has 4 rings (SSSR count). The summed E-state index contributed by atoms with van der Waals surface area (Å²) in [6.07, 6.45) is 2.76. The lowest BCUT2D eigenvalue weighted by Gasteiger charge is -2.50. The number of fused-ring (bicyclic) bond motifs is 1. The standard InChI is InChI=1S/C20H26N2O5/c1-26-14-4-2-3-13(7-14)9-20(11-22(12-20)10-18(23)24)19(25)21-16-8-17-15(16)5-6-27-17/h2-4,7,15-17H,5-6,8-12H2,1H3,(H,21,25)(H,23,24)/t15-,16+,17+/m0/s1. The minimum Gasteiger partial charge on any atom is -0.497 e. The van der Waals surface area contributed by atoms with E-state index in [9.17, 15) is 9.59 Å². The van der Waals surface area contributed by atoms with E-state index in [2.05, 4.69) is 5.32 Å². The number of benzene rings is 1. The van der Waals surface area contributed by atoms with E-state index in [0.29, 0.717) is 31.5 Å². The Bertz CT molecular complexity index is 731. The number of amides is 1. The summed E-state index contributed by atoms with van der Waals surface area (Å²) in [6, 6.07) is 7.91. The van der Waals surface area contributed by atoms with E-state index in [-0.39, 0.29) is 18.5 Å². The van der Waals surface area contributed by atoms with Gasteiger partial charge in [-0.2, -0.15) is 0 Å². The third-order valence-electron chi connectivity index (χ3n) is 6.15. The number of carboxylic acids is 1. The second-order valence-corrected chi connectivity index (χ2v) is 8.02. The van der Waals surface area contributed by atoms with Gasteiger partial charge in [-0.25, -0.2) is 0 Å². The fraction of sp³-hybridized carbons (Fsp3) is 0.600. The average Bonchev–Trinajstić information content (AvgIpc) is 2.98. The van der Waals surface area contributed by atoms with Gasteiger partial charge >= 0.3 is 5.97 Å². The number of carbonyl (C=O) groups excluding carboxylic acids is 1. The third kappa shape index (κ3) is 3.53. The van der Waals surface area contributed by atoms with Crippen LogP contribution in [-0.4, -0.2) is 67.4 Å². The van der Waals surface area contributed by atoms with Crippen molar-refractivity contribution in [2.75, 3.05) is 33.4 Å². The predicted molar refractivity (Wildman–Crippen MR) is 97.6 cm³/mol. The Morgan fingerprint density at radius 2 is 2.22 bits per heavy atom. The lowest BCUT2D eigenvalue weighted by atomic mass is 9.71. The van der Waals surface area contributed by atoms with E-state index >= 15 is 0 Å². The lowest BCUT2D eigenvalue weighted by molar-refractivity contribution is -0.152. The average molecular weight is 374 g/mol. The van der Waals surface area contributed by atoms with Crippen molar-refractivity contribution < 1.29 is 24.2 Å². The zero-order chi connectivity index (χ0) is 19.0. The smallest absolute Gasteiger partial charge is 0.317 e. The van der Waals surface area contributed by atoms with Crippen LogP contribution >= 0.6 is 0 Å². The molecule has 3 fully saturated rings. The highest BCUT2D eigenvalue weighted by atomic mass is 16.5. The Balaban J connectivity index is 1.46. The van der Waals surface area contributed by atoms with Crippen LogP contribution in [0.3, 0.4) is 0 Å². The van der Waals surface area contributed by atoms with Gasteiger partial charge in [0.1, 0.15) is 5.75 Å². The van der Waals surface area contributed by atoms with Crippen LogP contribution in [0.25, 0.3) is 0 Å². The Hall–Kier alpha value is -2.12. The van der Waals surface area contributed by atoms with E-state index < -0.39 is 11.4 Å². The Morgan fingerprint density at radius 1 is 1.41 bits per heavy atom. The number of rotatable bonds is 7. The summed E-state index contributed by atoms with van der Waals surface area (Å²) in [4.78, 5) is 26.0. The minimum absolute atomic E-state index is 0.0299. The number of ether oxygens (including phenoxy) is 2. The second kappa shape index (κ2) is 7.13. The molecule has 146 valence electrons. The first-order chi connectivity index (χ1) is 13.0. The molecule has 0 bridgehead atoms. The summed E-state index contributed by atoms with van der Waals surface area (Å²) in [6.45, 7) is 1.66. The summed E-state index contributed by atoms with van der Waals surface area (Å²) in [5.74, 6) is 0.352. The van der Waals surface area contributed by atoms with Crippen molar-refractivity contribution >= 4 is 11.9 Å². The molecule has 2 heterocycles. The van der Waals surface area contributed by atoms with Crippen LogP contribution < -0.4 is 10.1 Å². The molecule has 1 aliphatic carbocycles. The molecule has 7 heteroatoms. The molecule has 3 atom stereocenters. The van der Waals surface area contributed by atoms with Gasteiger partial charge in [0.25, 0.3) is 0 Å². The summed E-state index contributed by atoms with van der Waals surface area (Å²) < 4.78 is 10.9. The number of hydrogen-bond donors (Lipinski definition) is 2. The quantitative estimate of drug-likeness (QED) is 0.738. The molecule has 0 unspecified atom stereocenters. The lowest BCUT2D eigenvalue weighted by Crippen LogP contribution is -2.67. The van der Waals surface area contributed by atoms with E-state index in [0.717, 1.165) is 30.8 Å². The van der Waals surface area contributed by atoms with Gasteiger partial charge in [0.15, 0.2) is 0 Å². The molecule has 2 aliphatic heterocycles. The maximum absolute atomic E-state index is 13.2. The van der Waals surface area contributed by atoms with Gasteiger partial charge in [-0.15, -0.1) is 0 Å². The van der Waals surface area contributed by atoms with E-state index in [1.54, 1.807) is 7.11 Å². The molecule has 27 heavy (non-hydrogen) atoms. The Labute approximate surface area is 158 Å². The summed E-state index contributed by atoms with van der Waals surface area (Å²) >= 11 is 0. The molecule has 1 amide bonds. The van der Waals surface area contributed by atoms with Crippen molar-refractivity contribution in [3.8, 4) is 5.75 Å². The van der Waals surface area contributed by atoms with Gasteiger partial charge in [-0.05, 0) is 37.0 Å². The van der Waals surface area contributed by atoms with Gasteiger partial charge < -0.3 is 19.9 Å². The topological polar surface area (TPSA) is 88.1 Å². The maximum atomic E-state index is 13.2. The van der Waals surface area contributed by atoms with Crippen molar-refractivity contribution in [2.24, 2.45) is 11.3 Å². The Morgan fingerprint density at radius 3 is 2.93 bits per heavy atom. The van der Waals surface area contributed by atoms with Crippen LogP contribution in [0.2, 0.25) is 0 Å². The fourth-order valence-corrected chi connectivity index (χ4v) is 4.71. The van der Waals surface area contributed by atoms with Crippen molar-refractivity contribution in [2.45, 2.75) is 31.4 Å². The van der Waals surface area contributed by atoms with Gasteiger partial charge in [-0.1, -0.05) is 12.1 Å². The van der Waals surface area contributed by atoms with Crippen LogP contribution in [0.15, 0.2) is 24.3 Å². The zero-order valence-corrected chi connectivity index (χ0v) is 15.5. The minimum atomic E-state index is -0.865. The summed E-state index contributed by atoms with van der Waals surface area (Å²) in [5.41, 5.74) is 0.432. The zero-order valence-electron chi connectivity index (χ0n) is 15.5. The second-order valence-electron chi connectivity index (χ2n) is 8.02. The molecular formula is C20H26N2O5. The molecule has 0 radical (unpaired) electrons. The van der Waals surface area contributed by atoms with Crippen LogP contribution in [0.5, 0.6) is 5.75 Å². The first-order valence-corrected chi connectivity index (χ1v) is 9.49. The molecule has 0 spiro atoms. The highest BCUT2D eigenvalue weighted by Gasteiger charge is 2.52. The number of likely N-dealkylation sites (tertiary alicyclic amines) is 1. The molecule has 1 aromatic carbocycles. The number of nitrogens with one attached hydrogen (secondary N) is 1. The first-order valence-electron chi connectivity index (χ1n) is 9.49. The van der Waals surface area contributed by atoms with Crippen molar-refractivity contribution in [1.82, 2.24) is 10.2 Å². The summed E-state index contributed by atoms with van der Waals surface area (Å²) in [5, 5.41) is 12.3. The van der Waals surface area contributed by atoms with Crippen LogP contribution in [0, 0.1) is 11.3 Å². The number of methoxy groups -OCH3 is 1. The number of hydrogen-bond acceptors (Lipinski definition) is 5. The van der Waals surface area contributed by atoms with Crippen LogP contribution in [-0.2, 0) is 20.7 Å². The Kier molecular flexibility index (Phi) is 4.82. The fourth-order valence-electron chi connectivity index (χ4n) is 4.71. The molecular weight excluding hydrogens is 348 g/mol. The largest absolute Gasteiger partial charge is 0.497 e. The molecule has 7 nitrogen and oxygen atoms in total.